The molecule has 5 N–H and O–H groups in total. The summed E-state index contributed by atoms with van der Waals surface area (Å²) in [7, 11) is 0. The standard InChI is InChI=1S/C21H32ClN3O2.ClH/c1-13(2)16-9-8-14(3)10-21(16,20(24)27)11-18(25-19(26)12-23)15-6-4-5-7-17(15)22;/h4-7,13-14,16,18H,8-12,23H2,1-3H3,(H2,24,27)(H,25,26);1H/t14?,16?,18-,21?;/m0./s1. The number of primary amides is 1. The van der Waals surface area contributed by atoms with E-state index in [1.807, 2.05) is 18.2 Å². The maximum absolute atomic E-state index is 12.8. The molecule has 28 heavy (non-hydrogen) atoms. The molecule has 1 aromatic rings. The third kappa shape index (κ3) is 5.40. The van der Waals surface area contributed by atoms with Crippen LogP contribution in [-0.2, 0) is 9.59 Å². The Bertz CT molecular complexity index is 683. The highest BCUT2D eigenvalue weighted by Crippen LogP contribution is 2.51. The topological polar surface area (TPSA) is 98.2 Å². The summed E-state index contributed by atoms with van der Waals surface area (Å²) < 4.78 is 0. The Hall–Kier alpha value is -1.30. The normalized spacial score (nSPS) is 25.6. The first-order valence-electron chi connectivity index (χ1n) is 9.75. The second kappa shape index (κ2) is 10.5. The molecule has 4 atom stereocenters. The van der Waals surface area contributed by atoms with Crippen LogP contribution in [0.15, 0.2) is 24.3 Å². The Morgan fingerprint density at radius 3 is 2.46 bits per heavy atom. The van der Waals surface area contributed by atoms with Crippen molar-refractivity contribution in [2.75, 3.05) is 6.54 Å². The molecule has 3 unspecified atom stereocenters. The predicted molar refractivity (Wildman–Crippen MR) is 116 cm³/mol. The SMILES string of the molecule is CC1CCC(C(C)C)C(C[C@H](NC(=O)CN)c2ccccc2Cl)(C(N)=O)C1.Cl. The van der Waals surface area contributed by atoms with Crippen LogP contribution in [0.25, 0.3) is 0 Å². The van der Waals surface area contributed by atoms with Crippen LogP contribution in [0.1, 0.15) is 58.1 Å². The minimum atomic E-state index is -0.683. The van der Waals surface area contributed by atoms with E-state index in [-0.39, 0.29) is 36.7 Å². The van der Waals surface area contributed by atoms with Gasteiger partial charge in [0.05, 0.1) is 18.0 Å². The van der Waals surface area contributed by atoms with Crippen molar-refractivity contribution < 1.29 is 9.59 Å². The number of amides is 2. The predicted octanol–water partition coefficient (Wildman–Crippen LogP) is 3.83. The Balaban J connectivity index is 0.00000392. The van der Waals surface area contributed by atoms with Gasteiger partial charge in [-0.05, 0) is 48.6 Å². The molecule has 0 aromatic heterocycles. The van der Waals surface area contributed by atoms with E-state index < -0.39 is 11.5 Å². The maximum atomic E-state index is 12.8. The molecule has 7 heteroatoms. The van der Waals surface area contributed by atoms with Gasteiger partial charge in [-0.3, -0.25) is 9.59 Å². The molecule has 0 radical (unpaired) electrons. The van der Waals surface area contributed by atoms with Gasteiger partial charge in [-0.1, -0.05) is 57.0 Å². The molecule has 0 saturated heterocycles. The van der Waals surface area contributed by atoms with E-state index in [9.17, 15) is 9.59 Å². The van der Waals surface area contributed by atoms with Gasteiger partial charge in [0.25, 0.3) is 0 Å². The Labute approximate surface area is 179 Å². The van der Waals surface area contributed by atoms with Crippen molar-refractivity contribution in [1.82, 2.24) is 5.32 Å². The molecule has 2 amide bonds. The first kappa shape index (κ1) is 24.7. The van der Waals surface area contributed by atoms with Gasteiger partial charge >= 0.3 is 0 Å². The van der Waals surface area contributed by atoms with E-state index in [4.69, 9.17) is 23.1 Å². The van der Waals surface area contributed by atoms with E-state index in [0.29, 0.717) is 23.3 Å². The molecule has 1 aliphatic rings. The van der Waals surface area contributed by atoms with Gasteiger partial charge in [0.1, 0.15) is 0 Å². The number of hydrogen-bond acceptors (Lipinski definition) is 3. The van der Waals surface area contributed by atoms with Crippen LogP contribution in [0.5, 0.6) is 0 Å². The molecule has 0 heterocycles. The molecular formula is C21H33Cl2N3O2. The Kier molecular flexibility index (Phi) is 9.25. The van der Waals surface area contributed by atoms with E-state index >= 15 is 0 Å². The molecular weight excluding hydrogens is 397 g/mol. The lowest BCUT2D eigenvalue weighted by Crippen LogP contribution is -2.51. The largest absolute Gasteiger partial charge is 0.369 e. The van der Waals surface area contributed by atoms with Crippen LogP contribution in [-0.4, -0.2) is 18.4 Å². The van der Waals surface area contributed by atoms with Crippen LogP contribution in [0, 0.1) is 23.2 Å². The van der Waals surface area contributed by atoms with Gasteiger partial charge in [0.2, 0.25) is 11.8 Å². The number of benzene rings is 1. The Morgan fingerprint density at radius 2 is 1.93 bits per heavy atom. The molecule has 1 aromatic carbocycles. The van der Waals surface area contributed by atoms with Crippen molar-refractivity contribution >= 4 is 35.8 Å². The van der Waals surface area contributed by atoms with Crippen molar-refractivity contribution in [1.29, 1.82) is 0 Å². The lowest BCUT2D eigenvalue weighted by atomic mass is 9.57. The zero-order chi connectivity index (χ0) is 20.2. The number of rotatable bonds is 7. The molecule has 0 spiro atoms. The second-order valence-electron chi connectivity index (χ2n) is 8.31. The summed E-state index contributed by atoms with van der Waals surface area (Å²) in [4.78, 5) is 24.9. The molecule has 1 saturated carbocycles. The zero-order valence-electron chi connectivity index (χ0n) is 16.9. The highest BCUT2D eigenvalue weighted by Gasteiger charge is 2.50. The van der Waals surface area contributed by atoms with Gasteiger partial charge in [0, 0.05) is 5.02 Å². The van der Waals surface area contributed by atoms with E-state index in [0.717, 1.165) is 24.8 Å². The average Bonchev–Trinajstić information content (AvgIpc) is 2.61. The van der Waals surface area contributed by atoms with Gasteiger partial charge in [-0.25, -0.2) is 0 Å². The zero-order valence-corrected chi connectivity index (χ0v) is 18.5. The third-order valence-corrected chi connectivity index (χ3v) is 6.40. The van der Waals surface area contributed by atoms with Crippen molar-refractivity contribution in [2.24, 2.45) is 34.6 Å². The second-order valence-corrected chi connectivity index (χ2v) is 8.71. The first-order valence-corrected chi connectivity index (χ1v) is 10.1. The quantitative estimate of drug-likeness (QED) is 0.613. The smallest absolute Gasteiger partial charge is 0.234 e. The summed E-state index contributed by atoms with van der Waals surface area (Å²) in [6, 6.07) is 6.99. The highest BCUT2D eigenvalue weighted by molar-refractivity contribution is 6.31. The van der Waals surface area contributed by atoms with Crippen molar-refractivity contribution in [2.45, 2.75) is 52.5 Å². The van der Waals surface area contributed by atoms with E-state index in [2.05, 4.69) is 26.1 Å². The van der Waals surface area contributed by atoms with Gasteiger partial charge < -0.3 is 16.8 Å². The fourth-order valence-corrected chi connectivity index (χ4v) is 5.09. The van der Waals surface area contributed by atoms with Crippen LogP contribution >= 0.6 is 24.0 Å². The van der Waals surface area contributed by atoms with Crippen LogP contribution in [0.4, 0.5) is 0 Å². The number of carbonyl (C=O) groups excluding carboxylic acids is 2. The number of carbonyl (C=O) groups is 2. The minimum absolute atomic E-state index is 0. The molecule has 5 nitrogen and oxygen atoms in total. The van der Waals surface area contributed by atoms with Gasteiger partial charge in [0.15, 0.2) is 0 Å². The number of halogens is 2. The van der Waals surface area contributed by atoms with Crippen LogP contribution in [0.3, 0.4) is 0 Å². The molecule has 2 rings (SSSR count). The number of nitrogens with two attached hydrogens (primary N) is 2. The summed E-state index contributed by atoms with van der Waals surface area (Å²) in [5.74, 6) is 0.342. The number of hydrogen-bond donors (Lipinski definition) is 3. The summed E-state index contributed by atoms with van der Waals surface area (Å²) in [6.45, 7) is 6.33. The summed E-state index contributed by atoms with van der Waals surface area (Å²) in [5.41, 5.74) is 11.6. The summed E-state index contributed by atoms with van der Waals surface area (Å²) >= 11 is 6.42. The maximum Gasteiger partial charge on any atom is 0.234 e. The molecule has 0 bridgehead atoms. The molecule has 1 aliphatic carbocycles. The lowest BCUT2D eigenvalue weighted by Gasteiger charge is -2.48. The van der Waals surface area contributed by atoms with Crippen molar-refractivity contribution in [3.63, 3.8) is 0 Å². The monoisotopic (exact) mass is 429 g/mol. The molecule has 1 fully saturated rings. The highest BCUT2D eigenvalue weighted by atomic mass is 35.5. The van der Waals surface area contributed by atoms with E-state index in [1.165, 1.54) is 0 Å². The molecule has 158 valence electrons. The fraction of sp³-hybridized carbons (Fsp3) is 0.619. The Morgan fingerprint density at radius 1 is 1.29 bits per heavy atom. The first-order chi connectivity index (χ1) is 12.7. The van der Waals surface area contributed by atoms with Crippen LogP contribution < -0.4 is 16.8 Å². The summed E-state index contributed by atoms with van der Waals surface area (Å²) in [6.07, 6.45) is 3.21. The lowest BCUT2D eigenvalue weighted by molar-refractivity contribution is -0.138. The fourth-order valence-electron chi connectivity index (χ4n) is 4.82. The van der Waals surface area contributed by atoms with Gasteiger partial charge in [-0.15, -0.1) is 12.4 Å². The molecule has 0 aliphatic heterocycles. The average molecular weight is 430 g/mol. The van der Waals surface area contributed by atoms with Crippen molar-refractivity contribution in [3.8, 4) is 0 Å². The summed E-state index contributed by atoms with van der Waals surface area (Å²) in [5, 5.41) is 3.53. The number of nitrogens with one attached hydrogen (secondary N) is 1. The van der Waals surface area contributed by atoms with Gasteiger partial charge in [-0.2, -0.15) is 0 Å². The minimum Gasteiger partial charge on any atom is -0.369 e. The third-order valence-electron chi connectivity index (χ3n) is 6.06. The van der Waals surface area contributed by atoms with Crippen LogP contribution in [0.2, 0.25) is 5.02 Å². The van der Waals surface area contributed by atoms with Crippen molar-refractivity contribution in [3.05, 3.63) is 34.9 Å². The van der Waals surface area contributed by atoms with E-state index in [1.54, 1.807) is 6.07 Å².